The van der Waals surface area contributed by atoms with Crippen LogP contribution in [0.5, 0.6) is 5.75 Å². The van der Waals surface area contributed by atoms with Crippen LogP contribution in [0.15, 0.2) is 48.5 Å². The molecule has 33 heavy (non-hydrogen) atoms. The van der Waals surface area contributed by atoms with Gasteiger partial charge in [-0.2, -0.15) is 11.8 Å². The van der Waals surface area contributed by atoms with E-state index >= 15 is 0 Å². The molecule has 0 aliphatic carbocycles. The number of hydrogen-bond acceptors (Lipinski definition) is 5. The average molecular weight is 469 g/mol. The molecule has 0 radical (unpaired) electrons. The van der Waals surface area contributed by atoms with Crippen molar-refractivity contribution in [1.82, 2.24) is 10.2 Å². The van der Waals surface area contributed by atoms with Crippen LogP contribution in [-0.4, -0.2) is 60.7 Å². The maximum absolute atomic E-state index is 13.3. The van der Waals surface area contributed by atoms with Gasteiger partial charge >= 0.3 is 0 Å². The molecule has 6 nitrogen and oxygen atoms in total. The van der Waals surface area contributed by atoms with Crippen molar-refractivity contribution in [3.63, 3.8) is 0 Å². The summed E-state index contributed by atoms with van der Waals surface area (Å²) in [5.74, 6) is 0.881. The largest absolute Gasteiger partial charge is 0.496 e. The summed E-state index contributed by atoms with van der Waals surface area (Å²) in [4.78, 5) is 40.8. The Morgan fingerprint density at radius 1 is 1.09 bits per heavy atom. The number of hydrogen-bond donors (Lipinski definition) is 1. The van der Waals surface area contributed by atoms with Crippen molar-refractivity contribution in [3.05, 3.63) is 65.2 Å². The van der Waals surface area contributed by atoms with Gasteiger partial charge < -0.3 is 15.0 Å². The minimum atomic E-state index is -0.612. The lowest BCUT2D eigenvalue weighted by Crippen LogP contribution is -2.51. The van der Waals surface area contributed by atoms with Gasteiger partial charge in [0.2, 0.25) is 5.91 Å². The van der Waals surface area contributed by atoms with Crippen LogP contribution < -0.4 is 10.1 Å². The minimum Gasteiger partial charge on any atom is -0.496 e. The van der Waals surface area contributed by atoms with Gasteiger partial charge in [-0.05, 0) is 50.3 Å². The van der Waals surface area contributed by atoms with Crippen LogP contribution in [0.4, 0.5) is 0 Å². The summed E-state index contributed by atoms with van der Waals surface area (Å²) >= 11 is 1.64. The Morgan fingerprint density at radius 2 is 1.76 bits per heavy atom. The first-order valence-electron chi connectivity index (χ1n) is 11.3. The third-order valence-corrected chi connectivity index (χ3v) is 6.72. The first-order valence-corrected chi connectivity index (χ1v) is 12.7. The molecule has 2 aromatic rings. The molecule has 1 heterocycles. The molecule has 1 N–H and O–H groups in total. The monoisotopic (exact) mass is 468 g/mol. The Hall–Kier alpha value is -2.80. The number of benzene rings is 2. The number of methoxy groups -OCH3 is 1. The number of nitrogens with one attached hydrogen (secondary N) is 1. The SMILES string of the molecule is COc1ccccc1C(=O)NC(CCSC)C(=O)N1CCC(C(=O)c2ccc(C)cc2)CC1. The molecule has 0 aromatic heterocycles. The first-order chi connectivity index (χ1) is 15.9. The smallest absolute Gasteiger partial charge is 0.255 e. The third kappa shape index (κ3) is 6.38. The van der Waals surface area contributed by atoms with Gasteiger partial charge in [0.25, 0.3) is 5.91 Å². The molecular formula is C26H32N2O4S. The number of likely N-dealkylation sites (tertiary alicyclic amines) is 1. The maximum Gasteiger partial charge on any atom is 0.255 e. The van der Waals surface area contributed by atoms with Crippen LogP contribution in [0.2, 0.25) is 0 Å². The summed E-state index contributed by atoms with van der Waals surface area (Å²) in [6.07, 6.45) is 3.79. The van der Waals surface area contributed by atoms with Crippen molar-refractivity contribution in [1.29, 1.82) is 0 Å². The van der Waals surface area contributed by atoms with Gasteiger partial charge in [-0.3, -0.25) is 14.4 Å². The summed E-state index contributed by atoms with van der Waals surface area (Å²) < 4.78 is 5.29. The van der Waals surface area contributed by atoms with Crippen molar-refractivity contribution in [2.45, 2.75) is 32.2 Å². The number of carbonyl (C=O) groups is 3. The summed E-state index contributed by atoms with van der Waals surface area (Å²) in [7, 11) is 1.52. The lowest BCUT2D eigenvalue weighted by atomic mass is 9.88. The van der Waals surface area contributed by atoms with E-state index in [0.717, 1.165) is 16.9 Å². The highest BCUT2D eigenvalue weighted by Gasteiger charge is 2.32. The molecule has 176 valence electrons. The molecule has 1 aliphatic rings. The fourth-order valence-electron chi connectivity index (χ4n) is 4.10. The Balaban J connectivity index is 1.63. The van der Waals surface area contributed by atoms with Gasteiger partial charge in [0.15, 0.2) is 5.78 Å². The molecule has 0 bridgehead atoms. The third-order valence-electron chi connectivity index (χ3n) is 6.08. The Morgan fingerprint density at radius 3 is 2.39 bits per heavy atom. The molecule has 1 aliphatic heterocycles. The number of Topliss-reactive ketones (excluding diaryl/α,β-unsaturated/α-hetero) is 1. The number of thioether (sulfide) groups is 1. The molecule has 1 atom stereocenters. The Bertz CT molecular complexity index is 969. The van der Waals surface area contributed by atoms with E-state index in [1.165, 1.54) is 7.11 Å². The average Bonchev–Trinajstić information content (AvgIpc) is 2.86. The molecule has 1 saturated heterocycles. The predicted molar refractivity (Wildman–Crippen MR) is 132 cm³/mol. The zero-order valence-electron chi connectivity index (χ0n) is 19.5. The van der Waals surface area contributed by atoms with Crippen LogP contribution in [-0.2, 0) is 4.79 Å². The van der Waals surface area contributed by atoms with Crippen molar-refractivity contribution in [2.75, 3.05) is 32.2 Å². The highest BCUT2D eigenvalue weighted by molar-refractivity contribution is 7.98. The number of piperidine rings is 1. The van der Waals surface area contributed by atoms with Crippen LogP contribution >= 0.6 is 11.8 Å². The van der Waals surface area contributed by atoms with Crippen LogP contribution in [0.25, 0.3) is 0 Å². The van der Waals surface area contributed by atoms with E-state index in [0.29, 0.717) is 43.7 Å². The summed E-state index contributed by atoms with van der Waals surface area (Å²) in [6.45, 7) is 3.03. The van der Waals surface area contributed by atoms with E-state index in [9.17, 15) is 14.4 Å². The highest BCUT2D eigenvalue weighted by Crippen LogP contribution is 2.23. The second-order valence-electron chi connectivity index (χ2n) is 8.34. The van der Waals surface area contributed by atoms with Gasteiger partial charge in [0.1, 0.15) is 11.8 Å². The fraction of sp³-hybridized carbons (Fsp3) is 0.423. The van der Waals surface area contributed by atoms with E-state index in [4.69, 9.17) is 4.74 Å². The molecular weight excluding hydrogens is 436 g/mol. The number of amides is 2. The lowest BCUT2D eigenvalue weighted by molar-refractivity contribution is -0.134. The lowest BCUT2D eigenvalue weighted by Gasteiger charge is -2.34. The van der Waals surface area contributed by atoms with Crippen molar-refractivity contribution < 1.29 is 19.1 Å². The Labute approximate surface area is 200 Å². The molecule has 1 fully saturated rings. The molecule has 3 rings (SSSR count). The first kappa shape index (κ1) is 24.8. The van der Waals surface area contributed by atoms with Crippen molar-refractivity contribution >= 4 is 29.4 Å². The highest BCUT2D eigenvalue weighted by atomic mass is 32.2. The number of carbonyl (C=O) groups excluding carboxylic acids is 3. The van der Waals surface area contributed by atoms with Gasteiger partial charge in [-0.15, -0.1) is 0 Å². The van der Waals surface area contributed by atoms with Crippen molar-refractivity contribution in [3.8, 4) is 5.75 Å². The van der Waals surface area contributed by atoms with E-state index in [2.05, 4.69) is 5.32 Å². The van der Waals surface area contributed by atoms with Crippen LogP contribution in [0.3, 0.4) is 0 Å². The summed E-state index contributed by atoms with van der Waals surface area (Å²) in [6, 6.07) is 14.0. The van der Waals surface area contributed by atoms with Gasteiger partial charge in [-0.1, -0.05) is 42.0 Å². The number of nitrogens with zero attached hydrogens (tertiary/aromatic N) is 1. The number of rotatable bonds is 9. The van der Waals surface area contributed by atoms with E-state index in [1.807, 2.05) is 37.4 Å². The normalized spacial score (nSPS) is 15.1. The number of aryl methyl sites for hydroxylation is 1. The van der Waals surface area contributed by atoms with Crippen LogP contribution in [0, 0.1) is 12.8 Å². The van der Waals surface area contributed by atoms with Gasteiger partial charge in [0.05, 0.1) is 12.7 Å². The Kier molecular flexibility index (Phi) is 8.95. The molecule has 0 spiro atoms. The minimum absolute atomic E-state index is 0.0791. The fourth-order valence-corrected chi connectivity index (χ4v) is 4.57. The zero-order valence-corrected chi connectivity index (χ0v) is 20.3. The molecule has 1 unspecified atom stereocenters. The van der Waals surface area contributed by atoms with Crippen molar-refractivity contribution in [2.24, 2.45) is 5.92 Å². The zero-order chi connectivity index (χ0) is 23.8. The molecule has 0 saturated carbocycles. The van der Waals surface area contributed by atoms with Gasteiger partial charge in [-0.25, -0.2) is 0 Å². The molecule has 2 amide bonds. The summed E-state index contributed by atoms with van der Waals surface area (Å²) in [5, 5.41) is 2.91. The topological polar surface area (TPSA) is 75.7 Å². The standard InChI is InChI=1S/C26H32N2O4S/c1-18-8-10-19(11-9-18)24(29)20-12-15-28(16-13-20)26(31)22(14-17-33-3)27-25(30)21-6-4-5-7-23(21)32-2/h4-11,20,22H,12-17H2,1-3H3,(H,27,30). The van der Waals surface area contributed by atoms with E-state index in [1.54, 1.807) is 40.9 Å². The predicted octanol–water partition coefficient (Wildman–Crippen LogP) is 3.98. The molecule has 7 heteroatoms. The maximum atomic E-state index is 13.3. The second kappa shape index (κ2) is 11.9. The van der Waals surface area contributed by atoms with E-state index < -0.39 is 6.04 Å². The summed E-state index contributed by atoms with van der Waals surface area (Å²) in [5.41, 5.74) is 2.26. The number of ketones is 1. The van der Waals surface area contributed by atoms with Gasteiger partial charge in [0, 0.05) is 24.6 Å². The molecule has 2 aromatic carbocycles. The van der Waals surface area contributed by atoms with Crippen LogP contribution in [0.1, 0.15) is 45.5 Å². The quantitative estimate of drug-likeness (QED) is 0.564. The number of para-hydroxylation sites is 1. The number of ether oxygens (including phenoxy) is 1. The van der Waals surface area contributed by atoms with E-state index in [-0.39, 0.29) is 23.5 Å². The second-order valence-corrected chi connectivity index (χ2v) is 9.32.